The fraction of sp³-hybridized carbons (Fsp3) is 0.917. The largest absolute Gasteiger partial charge is 0.327 e. The Balaban J connectivity index is 1.85. The predicted molar refractivity (Wildman–Crippen MR) is 59.9 cm³/mol. The van der Waals surface area contributed by atoms with Crippen LogP contribution < -0.4 is 5.73 Å². The lowest BCUT2D eigenvalue weighted by Crippen LogP contribution is -2.48. The first-order valence-electron chi connectivity index (χ1n) is 5.95. The summed E-state index contributed by atoms with van der Waals surface area (Å²) in [4.78, 5) is 2.66. The van der Waals surface area contributed by atoms with E-state index in [4.69, 9.17) is 5.73 Å². The van der Waals surface area contributed by atoms with Crippen LogP contribution in [0.1, 0.15) is 39.5 Å². The lowest BCUT2D eigenvalue weighted by molar-refractivity contribution is 0.144. The van der Waals surface area contributed by atoms with Crippen molar-refractivity contribution in [3.63, 3.8) is 0 Å². The monoisotopic (exact) mass is 195 g/mol. The SMILES string of the molecule is C[C](C)CC1CN(C2CC2)CCC1N. The Morgan fingerprint density at radius 2 is 2.00 bits per heavy atom. The van der Waals surface area contributed by atoms with E-state index in [1.54, 1.807) is 0 Å². The van der Waals surface area contributed by atoms with Crippen LogP contribution in [0.3, 0.4) is 0 Å². The normalized spacial score (nSPS) is 35.1. The Labute approximate surface area is 87.8 Å². The van der Waals surface area contributed by atoms with Gasteiger partial charge in [-0.15, -0.1) is 0 Å². The summed E-state index contributed by atoms with van der Waals surface area (Å²) in [6.45, 7) is 6.94. The first-order chi connectivity index (χ1) is 6.66. The fourth-order valence-corrected chi connectivity index (χ4v) is 2.59. The van der Waals surface area contributed by atoms with Crippen molar-refractivity contribution < 1.29 is 0 Å². The molecule has 1 heterocycles. The Morgan fingerprint density at radius 3 is 2.57 bits per heavy atom. The number of rotatable bonds is 3. The maximum absolute atomic E-state index is 6.17. The molecule has 0 bridgehead atoms. The highest BCUT2D eigenvalue weighted by Gasteiger charge is 2.35. The van der Waals surface area contributed by atoms with E-state index < -0.39 is 0 Å². The molecule has 2 nitrogen and oxygen atoms in total. The van der Waals surface area contributed by atoms with Gasteiger partial charge in [0.1, 0.15) is 0 Å². The smallest absolute Gasteiger partial charge is 0.00965 e. The van der Waals surface area contributed by atoms with Crippen molar-refractivity contribution in [2.45, 2.75) is 51.6 Å². The van der Waals surface area contributed by atoms with Crippen LogP contribution in [0.2, 0.25) is 0 Å². The van der Waals surface area contributed by atoms with E-state index in [0.717, 1.165) is 6.04 Å². The maximum atomic E-state index is 6.17. The van der Waals surface area contributed by atoms with Gasteiger partial charge < -0.3 is 5.73 Å². The van der Waals surface area contributed by atoms with Gasteiger partial charge in [-0.25, -0.2) is 0 Å². The number of likely N-dealkylation sites (tertiary alicyclic amines) is 1. The second-order valence-corrected chi connectivity index (χ2v) is 5.35. The van der Waals surface area contributed by atoms with Crippen LogP contribution in [0.5, 0.6) is 0 Å². The summed E-state index contributed by atoms with van der Waals surface area (Å²) in [6, 6.07) is 1.36. The lowest BCUT2D eigenvalue weighted by Gasteiger charge is -2.37. The zero-order chi connectivity index (χ0) is 10.1. The molecule has 1 aliphatic carbocycles. The van der Waals surface area contributed by atoms with Crippen LogP contribution in [0, 0.1) is 11.8 Å². The number of piperidine rings is 1. The van der Waals surface area contributed by atoms with Crippen molar-refractivity contribution in [3.8, 4) is 0 Å². The Morgan fingerprint density at radius 1 is 1.29 bits per heavy atom. The molecule has 1 saturated carbocycles. The van der Waals surface area contributed by atoms with Gasteiger partial charge >= 0.3 is 0 Å². The second-order valence-electron chi connectivity index (χ2n) is 5.35. The fourth-order valence-electron chi connectivity index (χ4n) is 2.59. The van der Waals surface area contributed by atoms with E-state index in [9.17, 15) is 0 Å². The second kappa shape index (κ2) is 4.19. The average Bonchev–Trinajstić information content (AvgIpc) is 2.91. The van der Waals surface area contributed by atoms with Crippen molar-refractivity contribution in [1.29, 1.82) is 0 Å². The molecular weight excluding hydrogens is 172 g/mol. The van der Waals surface area contributed by atoms with Gasteiger partial charge in [0.15, 0.2) is 0 Å². The molecule has 0 aromatic rings. The molecule has 2 heteroatoms. The van der Waals surface area contributed by atoms with Crippen LogP contribution >= 0.6 is 0 Å². The first kappa shape index (κ1) is 10.4. The van der Waals surface area contributed by atoms with Gasteiger partial charge in [0.25, 0.3) is 0 Å². The summed E-state index contributed by atoms with van der Waals surface area (Å²) in [5, 5.41) is 0. The van der Waals surface area contributed by atoms with Gasteiger partial charge in [0, 0.05) is 18.6 Å². The van der Waals surface area contributed by atoms with Gasteiger partial charge in [0.2, 0.25) is 0 Å². The van der Waals surface area contributed by atoms with E-state index in [1.807, 2.05) is 0 Å². The molecule has 2 aliphatic rings. The topological polar surface area (TPSA) is 29.3 Å². The van der Waals surface area contributed by atoms with Crippen LogP contribution in [-0.2, 0) is 0 Å². The van der Waals surface area contributed by atoms with Crippen molar-refractivity contribution in [2.75, 3.05) is 13.1 Å². The van der Waals surface area contributed by atoms with Gasteiger partial charge in [0.05, 0.1) is 0 Å². The van der Waals surface area contributed by atoms with Crippen molar-refractivity contribution in [2.24, 2.45) is 11.7 Å². The average molecular weight is 195 g/mol. The molecule has 2 N–H and O–H groups in total. The molecule has 2 atom stereocenters. The number of hydrogen-bond acceptors (Lipinski definition) is 2. The third kappa shape index (κ3) is 2.48. The summed E-state index contributed by atoms with van der Waals surface area (Å²) in [7, 11) is 0. The standard InChI is InChI=1S/C12H23N2/c1-9(2)7-10-8-14(11-3-4-11)6-5-12(10)13/h10-12H,3-8,13H2,1-2H3. The highest BCUT2D eigenvalue weighted by atomic mass is 15.2. The molecule has 0 amide bonds. The zero-order valence-electron chi connectivity index (χ0n) is 9.50. The zero-order valence-corrected chi connectivity index (χ0v) is 9.50. The molecule has 81 valence electrons. The molecule has 1 aliphatic heterocycles. The summed E-state index contributed by atoms with van der Waals surface area (Å²) >= 11 is 0. The predicted octanol–water partition coefficient (Wildman–Crippen LogP) is 1.80. The molecule has 0 aromatic heterocycles. The number of nitrogens with two attached hydrogens (primary N) is 1. The molecule has 2 rings (SSSR count). The van der Waals surface area contributed by atoms with E-state index in [2.05, 4.69) is 18.7 Å². The minimum absolute atomic E-state index is 0.444. The summed E-state index contributed by atoms with van der Waals surface area (Å²) in [6.07, 6.45) is 5.28. The lowest BCUT2D eigenvalue weighted by atomic mass is 9.86. The van der Waals surface area contributed by atoms with Crippen LogP contribution in [0.4, 0.5) is 0 Å². The summed E-state index contributed by atoms with van der Waals surface area (Å²) in [5.74, 6) is 2.25. The summed E-state index contributed by atoms with van der Waals surface area (Å²) < 4.78 is 0. The van der Waals surface area contributed by atoms with Gasteiger partial charge in [-0.1, -0.05) is 13.8 Å². The quantitative estimate of drug-likeness (QED) is 0.744. The first-order valence-corrected chi connectivity index (χ1v) is 5.95. The molecule has 2 unspecified atom stereocenters. The molecule has 2 fully saturated rings. The van der Waals surface area contributed by atoms with Crippen LogP contribution in [0.25, 0.3) is 0 Å². The third-order valence-corrected chi connectivity index (χ3v) is 3.56. The van der Waals surface area contributed by atoms with E-state index in [0.29, 0.717) is 12.0 Å². The van der Waals surface area contributed by atoms with Crippen molar-refractivity contribution >= 4 is 0 Å². The number of nitrogens with zero attached hydrogens (tertiary/aromatic N) is 1. The molecule has 1 radical (unpaired) electrons. The van der Waals surface area contributed by atoms with E-state index in [1.165, 1.54) is 44.7 Å². The Bertz CT molecular complexity index is 187. The molecule has 0 aromatic carbocycles. The maximum Gasteiger partial charge on any atom is 0.00965 e. The van der Waals surface area contributed by atoms with Crippen LogP contribution in [0.15, 0.2) is 0 Å². The van der Waals surface area contributed by atoms with E-state index >= 15 is 0 Å². The summed E-state index contributed by atoms with van der Waals surface area (Å²) in [5.41, 5.74) is 6.17. The molecule has 0 spiro atoms. The van der Waals surface area contributed by atoms with Gasteiger partial charge in [-0.2, -0.15) is 0 Å². The Hall–Kier alpha value is -0.0800. The van der Waals surface area contributed by atoms with Gasteiger partial charge in [-0.3, -0.25) is 4.90 Å². The molecular formula is C12H23N2. The van der Waals surface area contributed by atoms with Crippen LogP contribution in [-0.4, -0.2) is 30.1 Å². The minimum atomic E-state index is 0.444. The van der Waals surface area contributed by atoms with Crippen molar-refractivity contribution in [1.82, 2.24) is 4.90 Å². The highest BCUT2D eigenvalue weighted by Crippen LogP contribution is 2.32. The van der Waals surface area contributed by atoms with Crippen molar-refractivity contribution in [3.05, 3.63) is 5.92 Å². The Kier molecular flexibility index (Phi) is 3.13. The van der Waals surface area contributed by atoms with E-state index in [-0.39, 0.29) is 0 Å². The molecule has 14 heavy (non-hydrogen) atoms. The minimum Gasteiger partial charge on any atom is -0.327 e. The third-order valence-electron chi connectivity index (χ3n) is 3.56. The van der Waals surface area contributed by atoms with Gasteiger partial charge in [-0.05, 0) is 44.1 Å². The number of hydrogen-bond donors (Lipinski definition) is 1. The highest BCUT2D eigenvalue weighted by molar-refractivity contribution is 4.94. The molecule has 1 saturated heterocycles.